The normalized spacial score (nSPS) is 11.9. The number of hydrogen-bond donors (Lipinski definition) is 2. The van der Waals surface area contributed by atoms with E-state index >= 15 is 0 Å². The Balaban J connectivity index is 4.17. The Morgan fingerprint density at radius 1 is 1.36 bits per heavy atom. The summed E-state index contributed by atoms with van der Waals surface area (Å²) >= 11 is 4.69. The van der Waals surface area contributed by atoms with Crippen LogP contribution in [-0.4, -0.2) is 10.8 Å². The van der Waals surface area contributed by atoms with Crippen LogP contribution in [0.25, 0.3) is 0 Å². The number of rotatable bonds is 6. The number of nitrogens with two attached hydrogens (primary N) is 1. The highest BCUT2D eigenvalue weighted by Crippen LogP contribution is 2.15. The summed E-state index contributed by atoms with van der Waals surface area (Å²) < 4.78 is 0. The fourth-order valence-corrected chi connectivity index (χ4v) is 1.54. The van der Waals surface area contributed by atoms with Crippen LogP contribution in [0.5, 0.6) is 0 Å². The van der Waals surface area contributed by atoms with Crippen molar-refractivity contribution in [1.82, 2.24) is 5.43 Å². The fourth-order valence-electron chi connectivity index (χ4n) is 1.49. The van der Waals surface area contributed by atoms with E-state index in [1.54, 1.807) is 0 Å². The molecule has 3 nitrogen and oxygen atoms in total. The Hall–Kier alpha value is -0.640. The summed E-state index contributed by atoms with van der Waals surface area (Å²) in [5.41, 5.74) is 9.04. The maximum Gasteiger partial charge on any atom is 0.184 e. The lowest BCUT2D eigenvalue weighted by molar-refractivity contribution is 0.554. The molecule has 0 aromatic heterocycles. The highest BCUT2D eigenvalue weighted by molar-refractivity contribution is 7.80. The van der Waals surface area contributed by atoms with E-state index < -0.39 is 0 Å². The van der Waals surface area contributed by atoms with Crippen molar-refractivity contribution in [2.75, 3.05) is 0 Å². The zero-order valence-corrected chi connectivity index (χ0v) is 10.2. The van der Waals surface area contributed by atoms with Gasteiger partial charge in [0.15, 0.2) is 5.11 Å². The molecule has 4 heteroatoms. The van der Waals surface area contributed by atoms with Gasteiger partial charge in [-0.15, -0.1) is 0 Å². The largest absolute Gasteiger partial charge is 0.375 e. The van der Waals surface area contributed by atoms with Crippen molar-refractivity contribution < 1.29 is 0 Å². The zero-order valence-electron chi connectivity index (χ0n) is 9.34. The Morgan fingerprint density at radius 3 is 2.21 bits per heavy atom. The Morgan fingerprint density at radius 2 is 1.86 bits per heavy atom. The molecule has 0 rings (SSSR count). The lowest BCUT2D eigenvalue weighted by Gasteiger charge is -2.14. The third-order valence-corrected chi connectivity index (χ3v) is 2.30. The minimum atomic E-state index is 0.232. The van der Waals surface area contributed by atoms with Crippen LogP contribution in [0.1, 0.15) is 46.5 Å². The zero-order chi connectivity index (χ0) is 11.0. The molecule has 0 fully saturated rings. The molecule has 0 heterocycles. The minimum Gasteiger partial charge on any atom is -0.375 e. The van der Waals surface area contributed by atoms with Gasteiger partial charge < -0.3 is 5.73 Å². The third kappa shape index (κ3) is 5.91. The van der Waals surface area contributed by atoms with Crippen LogP contribution in [0, 0.1) is 5.92 Å². The Labute approximate surface area is 92.1 Å². The van der Waals surface area contributed by atoms with E-state index in [1.165, 1.54) is 25.7 Å². The van der Waals surface area contributed by atoms with Gasteiger partial charge in [0.25, 0.3) is 0 Å². The molecule has 0 aliphatic rings. The first-order valence-electron chi connectivity index (χ1n) is 5.21. The van der Waals surface area contributed by atoms with Gasteiger partial charge in [-0.3, -0.25) is 5.43 Å². The molecule has 0 bridgehead atoms. The molecule has 0 amide bonds. The van der Waals surface area contributed by atoms with Gasteiger partial charge in [0, 0.05) is 5.71 Å². The number of hydrogen-bond acceptors (Lipinski definition) is 2. The fraction of sp³-hybridized carbons (Fsp3) is 0.800. The highest BCUT2D eigenvalue weighted by atomic mass is 32.1. The van der Waals surface area contributed by atoms with Crippen LogP contribution in [0.2, 0.25) is 0 Å². The molecule has 0 saturated carbocycles. The number of nitrogens with one attached hydrogen (secondary N) is 1. The van der Waals surface area contributed by atoms with Crippen molar-refractivity contribution in [3.05, 3.63) is 0 Å². The number of nitrogens with zero attached hydrogens (tertiary/aromatic N) is 1. The van der Waals surface area contributed by atoms with E-state index in [4.69, 9.17) is 5.73 Å². The Kier molecular flexibility index (Phi) is 7.38. The van der Waals surface area contributed by atoms with Gasteiger partial charge in [0.1, 0.15) is 0 Å². The van der Waals surface area contributed by atoms with E-state index in [9.17, 15) is 0 Å². The van der Waals surface area contributed by atoms with E-state index in [-0.39, 0.29) is 5.11 Å². The first kappa shape index (κ1) is 13.4. The smallest absolute Gasteiger partial charge is 0.184 e. The summed E-state index contributed by atoms with van der Waals surface area (Å²) in [5, 5.41) is 4.39. The highest BCUT2D eigenvalue weighted by Gasteiger charge is 2.09. The van der Waals surface area contributed by atoms with Gasteiger partial charge in [0.2, 0.25) is 0 Å². The van der Waals surface area contributed by atoms with Crippen molar-refractivity contribution in [2.45, 2.75) is 46.5 Å². The third-order valence-electron chi connectivity index (χ3n) is 2.21. The molecule has 3 N–H and O–H groups in total. The molecule has 0 atom stereocenters. The second-order valence-corrected chi connectivity index (χ2v) is 3.94. The second kappa shape index (κ2) is 7.74. The van der Waals surface area contributed by atoms with Crippen LogP contribution in [0.3, 0.4) is 0 Å². The van der Waals surface area contributed by atoms with Crippen LogP contribution in [-0.2, 0) is 0 Å². The summed E-state index contributed by atoms with van der Waals surface area (Å²) in [5.74, 6) is 0.562. The van der Waals surface area contributed by atoms with Crippen molar-refractivity contribution in [3.63, 3.8) is 0 Å². The van der Waals surface area contributed by atoms with Crippen LogP contribution in [0.4, 0.5) is 0 Å². The summed E-state index contributed by atoms with van der Waals surface area (Å²) in [7, 11) is 0. The van der Waals surface area contributed by atoms with E-state index in [1.807, 2.05) is 6.92 Å². The summed E-state index contributed by atoms with van der Waals surface area (Å²) in [6.07, 6.45) is 4.74. The first-order valence-corrected chi connectivity index (χ1v) is 5.62. The lowest BCUT2D eigenvalue weighted by atomic mass is 9.94. The maximum atomic E-state index is 5.30. The molecule has 0 unspecified atom stereocenters. The van der Waals surface area contributed by atoms with Gasteiger partial charge in [-0.1, -0.05) is 26.7 Å². The topological polar surface area (TPSA) is 50.4 Å². The summed E-state index contributed by atoms with van der Waals surface area (Å²) in [6, 6.07) is 0. The van der Waals surface area contributed by atoms with Crippen molar-refractivity contribution in [3.8, 4) is 0 Å². The minimum absolute atomic E-state index is 0.232. The molecule has 0 aromatic rings. The molecule has 14 heavy (non-hydrogen) atoms. The molecule has 0 aliphatic carbocycles. The van der Waals surface area contributed by atoms with Crippen molar-refractivity contribution >= 4 is 23.0 Å². The lowest BCUT2D eigenvalue weighted by Crippen LogP contribution is -2.26. The molecular formula is C10H21N3S. The van der Waals surface area contributed by atoms with Crippen LogP contribution >= 0.6 is 12.2 Å². The van der Waals surface area contributed by atoms with Crippen LogP contribution < -0.4 is 11.2 Å². The van der Waals surface area contributed by atoms with E-state index in [2.05, 4.69) is 36.6 Å². The predicted molar refractivity (Wildman–Crippen MR) is 66.3 cm³/mol. The standard InChI is InChI=1S/C10H21N3S/c1-4-6-9(7-5-2)8(3)12-13-10(11)14/h9H,4-7H2,1-3H3,(H3,11,13,14). The molecule has 0 radical (unpaired) electrons. The average molecular weight is 215 g/mol. The molecule has 0 aliphatic heterocycles. The summed E-state index contributed by atoms with van der Waals surface area (Å²) in [6.45, 7) is 6.41. The molecule has 0 saturated heterocycles. The predicted octanol–water partition coefficient (Wildman–Crippen LogP) is 2.41. The molecular weight excluding hydrogens is 194 g/mol. The van der Waals surface area contributed by atoms with Gasteiger partial charge in [-0.25, -0.2) is 0 Å². The quantitative estimate of drug-likeness (QED) is 0.406. The van der Waals surface area contributed by atoms with Gasteiger partial charge in [-0.2, -0.15) is 5.10 Å². The first-order chi connectivity index (χ1) is 6.61. The second-order valence-electron chi connectivity index (χ2n) is 3.50. The molecule has 0 aromatic carbocycles. The van der Waals surface area contributed by atoms with E-state index in [0.29, 0.717) is 5.92 Å². The van der Waals surface area contributed by atoms with Crippen LogP contribution in [0.15, 0.2) is 5.10 Å². The summed E-state index contributed by atoms with van der Waals surface area (Å²) in [4.78, 5) is 0. The average Bonchev–Trinajstić information content (AvgIpc) is 2.14. The molecule has 0 spiro atoms. The van der Waals surface area contributed by atoms with Gasteiger partial charge >= 0.3 is 0 Å². The SMILES string of the molecule is CCCC(CCC)C(C)=NNC(N)=S. The van der Waals surface area contributed by atoms with E-state index in [0.717, 1.165) is 5.71 Å². The number of thiocarbonyl (C=S) groups is 1. The van der Waals surface area contributed by atoms with Crippen molar-refractivity contribution in [1.29, 1.82) is 0 Å². The maximum absolute atomic E-state index is 5.30. The number of hydrazone groups is 1. The van der Waals surface area contributed by atoms with Gasteiger partial charge in [-0.05, 0) is 37.9 Å². The van der Waals surface area contributed by atoms with Crippen molar-refractivity contribution in [2.24, 2.45) is 16.8 Å². The van der Waals surface area contributed by atoms with Gasteiger partial charge in [0.05, 0.1) is 0 Å². The molecule has 82 valence electrons. The monoisotopic (exact) mass is 215 g/mol. The Bertz CT molecular complexity index is 196.